The van der Waals surface area contributed by atoms with Crippen molar-refractivity contribution in [1.29, 1.82) is 0 Å². The van der Waals surface area contributed by atoms with Gasteiger partial charge in [-0.05, 0) is 12.1 Å². The van der Waals surface area contributed by atoms with Crippen LogP contribution in [0.5, 0.6) is 0 Å². The van der Waals surface area contributed by atoms with Crippen LogP contribution < -0.4 is 5.32 Å². The molecule has 29 heavy (non-hydrogen) atoms. The molecule has 1 aromatic carbocycles. The summed E-state index contributed by atoms with van der Waals surface area (Å²) in [5, 5.41) is 6.00. The van der Waals surface area contributed by atoms with Crippen LogP contribution in [0.3, 0.4) is 0 Å². The molecule has 2 heterocycles. The summed E-state index contributed by atoms with van der Waals surface area (Å²) in [7, 11) is 0. The van der Waals surface area contributed by atoms with Crippen molar-refractivity contribution in [2.45, 2.75) is 19.6 Å². The second kappa shape index (κ2) is 7.94. The van der Waals surface area contributed by atoms with Gasteiger partial charge in [0.1, 0.15) is 23.7 Å². The zero-order valence-corrected chi connectivity index (χ0v) is 15.0. The summed E-state index contributed by atoms with van der Waals surface area (Å²) in [5.74, 6) is -2.78. The van der Waals surface area contributed by atoms with Crippen molar-refractivity contribution in [3.63, 3.8) is 0 Å². The van der Waals surface area contributed by atoms with E-state index < -0.39 is 30.2 Å². The third-order valence-electron chi connectivity index (χ3n) is 3.85. The lowest BCUT2D eigenvalue weighted by Crippen LogP contribution is -2.22. The van der Waals surface area contributed by atoms with Gasteiger partial charge >= 0.3 is 6.18 Å². The smallest absolute Gasteiger partial charge is 0.359 e. The van der Waals surface area contributed by atoms with Crippen LogP contribution in [0.25, 0.3) is 11.5 Å². The van der Waals surface area contributed by atoms with E-state index in [0.29, 0.717) is 6.20 Å². The van der Waals surface area contributed by atoms with Crippen molar-refractivity contribution in [3.8, 4) is 11.5 Å². The molecular weight excluding hydrogens is 397 g/mol. The number of nitrogens with zero attached hydrogens (tertiary/aromatic N) is 4. The molecule has 0 bridgehead atoms. The summed E-state index contributed by atoms with van der Waals surface area (Å²) < 4.78 is 66.0. The molecule has 3 aromatic rings. The minimum atomic E-state index is -4.57. The van der Waals surface area contributed by atoms with E-state index in [-0.39, 0.29) is 35.1 Å². The Morgan fingerprint density at radius 3 is 2.55 bits per heavy atom. The van der Waals surface area contributed by atoms with E-state index in [4.69, 9.17) is 0 Å². The molecule has 1 N–H and O–H groups in total. The largest absolute Gasteiger partial charge is 0.405 e. The second-order valence-electron chi connectivity index (χ2n) is 6.08. The molecule has 0 fully saturated rings. The van der Waals surface area contributed by atoms with E-state index in [9.17, 15) is 26.7 Å². The highest BCUT2D eigenvalue weighted by atomic mass is 19.4. The van der Waals surface area contributed by atoms with Gasteiger partial charge in [0.2, 0.25) is 0 Å². The molecule has 0 aliphatic heterocycles. The van der Waals surface area contributed by atoms with E-state index in [1.807, 2.05) is 5.32 Å². The molecule has 0 saturated heterocycles. The van der Waals surface area contributed by atoms with E-state index in [2.05, 4.69) is 15.1 Å². The predicted octanol–water partition coefficient (Wildman–Crippen LogP) is 3.84. The molecule has 11 heteroatoms. The molecule has 0 aliphatic rings. The third-order valence-corrected chi connectivity index (χ3v) is 3.85. The molecule has 0 atom stereocenters. The number of hydrogen-bond donors (Lipinski definition) is 1. The fourth-order valence-electron chi connectivity index (χ4n) is 2.52. The molecule has 3 rings (SSSR count). The first-order valence-electron chi connectivity index (χ1n) is 8.30. The Hall–Kier alpha value is -3.37. The predicted molar refractivity (Wildman–Crippen MR) is 93.3 cm³/mol. The first-order valence-corrected chi connectivity index (χ1v) is 8.30. The third kappa shape index (κ3) is 4.92. The van der Waals surface area contributed by atoms with Crippen LogP contribution in [0.15, 0.2) is 36.5 Å². The van der Waals surface area contributed by atoms with Crippen molar-refractivity contribution in [2.24, 2.45) is 0 Å². The minimum absolute atomic E-state index is 0.0293. The van der Waals surface area contributed by atoms with E-state index in [0.717, 1.165) is 0 Å². The molecule has 6 nitrogen and oxygen atoms in total. The lowest BCUT2D eigenvalue weighted by atomic mass is 10.2. The fraction of sp³-hybridized carbons (Fsp3) is 0.222. The van der Waals surface area contributed by atoms with Crippen molar-refractivity contribution in [3.05, 3.63) is 59.4 Å². The van der Waals surface area contributed by atoms with Crippen LogP contribution in [0.2, 0.25) is 0 Å². The maximum atomic E-state index is 13.9. The minimum Gasteiger partial charge on any atom is -0.359 e. The highest BCUT2D eigenvalue weighted by molar-refractivity contribution is 5.93. The lowest BCUT2D eigenvalue weighted by molar-refractivity contribution is -0.115. The van der Waals surface area contributed by atoms with Crippen LogP contribution in [-0.4, -0.2) is 38.3 Å². The number of alkyl halides is 3. The number of ketones is 1. The maximum Gasteiger partial charge on any atom is 0.405 e. The number of carbonyl (C=O) groups excluding carboxylic acids is 1. The van der Waals surface area contributed by atoms with Gasteiger partial charge < -0.3 is 5.32 Å². The Morgan fingerprint density at radius 1 is 1.17 bits per heavy atom. The number of halogens is 5. The highest BCUT2D eigenvalue weighted by Crippen LogP contribution is 2.22. The van der Waals surface area contributed by atoms with Gasteiger partial charge in [0, 0.05) is 12.5 Å². The molecule has 2 aromatic heterocycles. The number of carbonyl (C=O) groups is 1. The van der Waals surface area contributed by atoms with Crippen LogP contribution in [0.1, 0.15) is 23.0 Å². The number of rotatable bonds is 6. The Balaban J connectivity index is 1.95. The van der Waals surface area contributed by atoms with Crippen LogP contribution in [-0.2, 0) is 6.54 Å². The van der Waals surface area contributed by atoms with Gasteiger partial charge in [0.05, 0.1) is 12.7 Å². The normalized spacial score (nSPS) is 11.5. The number of benzene rings is 1. The summed E-state index contributed by atoms with van der Waals surface area (Å²) in [6.07, 6.45) is -3.87. The fourth-order valence-corrected chi connectivity index (χ4v) is 2.52. The Bertz CT molecular complexity index is 1050. The summed E-state index contributed by atoms with van der Waals surface area (Å²) >= 11 is 0. The molecule has 0 radical (unpaired) electrons. The maximum absolute atomic E-state index is 13.9. The molecular formula is C18H14F5N5O. The standard InChI is InChI=1S/C18H14F5N5O/c1-10(29)15-6-14(27-28(15)8-11-4-2-3-5-12(11)19)17-24-7-13(20)16(26-17)25-9-18(21,22)23/h2-7H,8-9H2,1H3,(H,24,25,26). The van der Waals surface area contributed by atoms with Crippen LogP contribution in [0.4, 0.5) is 27.8 Å². The van der Waals surface area contributed by atoms with Crippen molar-refractivity contribution in [1.82, 2.24) is 19.7 Å². The van der Waals surface area contributed by atoms with Crippen LogP contribution in [0, 0.1) is 11.6 Å². The summed E-state index contributed by atoms with van der Waals surface area (Å²) in [5.41, 5.74) is 0.416. The zero-order chi connectivity index (χ0) is 21.2. The molecule has 0 aliphatic carbocycles. The van der Waals surface area contributed by atoms with Gasteiger partial charge in [-0.25, -0.2) is 18.7 Å². The van der Waals surface area contributed by atoms with E-state index in [1.165, 1.54) is 35.9 Å². The second-order valence-corrected chi connectivity index (χ2v) is 6.08. The van der Waals surface area contributed by atoms with Gasteiger partial charge in [0.25, 0.3) is 0 Å². The average Bonchev–Trinajstić information content (AvgIpc) is 3.06. The molecule has 0 saturated carbocycles. The number of aromatic nitrogens is 4. The number of nitrogens with one attached hydrogen (secondary N) is 1. The van der Waals surface area contributed by atoms with Gasteiger partial charge in [-0.15, -0.1) is 0 Å². The summed E-state index contributed by atoms with van der Waals surface area (Å²) in [6.45, 7) is -0.275. The SMILES string of the molecule is CC(=O)c1cc(-c2ncc(F)c(NCC(F)(F)F)n2)nn1Cc1ccccc1F. The monoisotopic (exact) mass is 411 g/mol. The number of anilines is 1. The summed E-state index contributed by atoms with van der Waals surface area (Å²) in [4.78, 5) is 19.4. The van der Waals surface area contributed by atoms with E-state index in [1.54, 1.807) is 6.07 Å². The van der Waals surface area contributed by atoms with Gasteiger partial charge in [-0.2, -0.15) is 18.3 Å². The Morgan fingerprint density at radius 2 is 1.90 bits per heavy atom. The average molecular weight is 411 g/mol. The summed E-state index contributed by atoms with van der Waals surface area (Å²) in [6, 6.07) is 7.23. The van der Waals surface area contributed by atoms with Gasteiger partial charge in [-0.1, -0.05) is 18.2 Å². The number of hydrogen-bond acceptors (Lipinski definition) is 5. The van der Waals surface area contributed by atoms with Crippen molar-refractivity contribution in [2.75, 3.05) is 11.9 Å². The molecule has 0 spiro atoms. The topological polar surface area (TPSA) is 72.7 Å². The zero-order valence-electron chi connectivity index (χ0n) is 15.0. The molecule has 152 valence electrons. The van der Waals surface area contributed by atoms with Crippen LogP contribution >= 0.6 is 0 Å². The highest BCUT2D eigenvalue weighted by Gasteiger charge is 2.27. The van der Waals surface area contributed by atoms with E-state index >= 15 is 0 Å². The van der Waals surface area contributed by atoms with Crippen molar-refractivity contribution >= 4 is 11.6 Å². The number of Topliss-reactive ketones (excluding diaryl/α,β-unsaturated/α-hetero) is 1. The quantitative estimate of drug-likeness (QED) is 0.493. The Kier molecular flexibility index (Phi) is 5.57. The molecule has 0 amide bonds. The van der Waals surface area contributed by atoms with Crippen molar-refractivity contribution < 1.29 is 26.7 Å². The first kappa shape index (κ1) is 20.4. The van der Waals surface area contributed by atoms with Gasteiger partial charge in [0.15, 0.2) is 23.2 Å². The lowest BCUT2D eigenvalue weighted by Gasteiger charge is -2.09. The van der Waals surface area contributed by atoms with Gasteiger partial charge in [-0.3, -0.25) is 9.48 Å². The molecule has 0 unspecified atom stereocenters. The Labute approximate surface area is 161 Å². The first-order chi connectivity index (χ1) is 13.6.